The average Bonchev–Trinajstić information content (AvgIpc) is 3.12. The van der Waals surface area contributed by atoms with Gasteiger partial charge in [0, 0.05) is 13.3 Å². The van der Waals surface area contributed by atoms with Crippen LogP contribution in [0.4, 0.5) is 0 Å². The number of rotatable bonds is 7. The Morgan fingerprint density at radius 1 is 0.963 bits per heavy atom. The number of ether oxygens (including phenoxy) is 3. The van der Waals surface area contributed by atoms with E-state index >= 15 is 0 Å². The summed E-state index contributed by atoms with van der Waals surface area (Å²) in [5.74, 6) is 2.17. The maximum Gasteiger partial charge on any atom is 0.302 e. The quantitative estimate of drug-likeness (QED) is 0.758. The molecule has 2 unspecified atom stereocenters. The van der Waals surface area contributed by atoms with Gasteiger partial charge in [-0.15, -0.1) is 0 Å². The SMILES string of the molecule is COc1ccc(C2N=C(CCOC(C)=O)NC2c2ccc(OC)cc2)cc1. The molecule has 27 heavy (non-hydrogen) atoms. The van der Waals surface area contributed by atoms with Crippen LogP contribution in [0.1, 0.15) is 36.6 Å². The van der Waals surface area contributed by atoms with Gasteiger partial charge in [-0.2, -0.15) is 0 Å². The molecule has 1 aliphatic rings. The van der Waals surface area contributed by atoms with Crippen LogP contribution in [-0.2, 0) is 9.53 Å². The predicted octanol–water partition coefficient (Wildman–Crippen LogP) is 3.44. The molecule has 0 aromatic heterocycles. The largest absolute Gasteiger partial charge is 0.497 e. The zero-order chi connectivity index (χ0) is 19.2. The van der Waals surface area contributed by atoms with E-state index in [1.165, 1.54) is 6.92 Å². The Hall–Kier alpha value is -3.02. The third-order valence-corrected chi connectivity index (χ3v) is 4.51. The van der Waals surface area contributed by atoms with E-state index in [1.807, 2.05) is 48.5 Å². The Labute approximate surface area is 159 Å². The summed E-state index contributed by atoms with van der Waals surface area (Å²) in [6, 6.07) is 15.8. The highest BCUT2D eigenvalue weighted by Gasteiger charge is 2.31. The minimum atomic E-state index is -0.285. The first kappa shape index (κ1) is 18.8. The molecule has 1 N–H and O–H groups in total. The highest BCUT2D eigenvalue weighted by molar-refractivity contribution is 5.85. The fourth-order valence-electron chi connectivity index (χ4n) is 3.11. The Kier molecular flexibility index (Phi) is 5.96. The van der Waals surface area contributed by atoms with Crippen LogP contribution in [0.2, 0.25) is 0 Å². The number of esters is 1. The number of aliphatic imine (C=N–C) groups is 1. The van der Waals surface area contributed by atoms with E-state index in [0.29, 0.717) is 13.0 Å². The third kappa shape index (κ3) is 4.58. The van der Waals surface area contributed by atoms with Gasteiger partial charge in [-0.25, -0.2) is 0 Å². The maximum absolute atomic E-state index is 11.0. The van der Waals surface area contributed by atoms with E-state index < -0.39 is 0 Å². The van der Waals surface area contributed by atoms with Crippen LogP contribution in [0.3, 0.4) is 0 Å². The summed E-state index contributed by atoms with van der Waals surface area (Å²) in [6.45, 7) is 1.72. The van der Waals surface area contributed by atoms with Gasteiger partial charge in [0.05, 0.1) is 26.9 Å². The summed E-state index contributed by atoms with van der Waals surface area (Å²) < 4.78 is 15.6. The van der Waals surface area contributed by atoms with Gasteiger partial charge in [0.2, 0.25) is 0 Å². The molecule has 0 aliphatic carbocycles. The monoisotopic (exact) mass is 368 g/mol. The fraction of sp³-hybridized carbons (Fsp3) is 0.333. The number of carbonyl (C=O) groups excluding carboxylic acids is 1. The van der Waals surface area contributed by atoms with Crippen LogP contribution in [0.15, 0.2) is 53.5 Å². The summed E-state index contributed by atoms with van der Waals surface area (Å²) in [5.41, 5.74) is 2.20. The van der Waals surface area contributed by atoms with Crippen LogP contribution >= 0.6 is 0 Å². The average molecular weight is 368 g/mol. The van der Waals surface area contributed by atoms with Crippen molar-refractivity contribution in [3.05, 3.63) is 59.7 Å². The summed E-state index contributed by atoms with van der Waals surface area (Å²) in [4.78, 5) is 15.9. The molecule has 6 nitrogen and oxygen atoms in total. The molecule has 2 atom stereocenters. The molecular weight excluding hydrogens is 344 g/mol. The molecule has 0 spiro atoms. The van der Waals surface area contributed by atoms with E-state index in [4.69, 9.17) is 19.2 Å². The van der Waals surface area contributed by atoms with Gasteiger partial charge in [-0.3, -0.25) is 9.79 Å². The highest BCUT2D eigenvalue weighted by atomic mass is 16.5. The van der Waals surface area contributed by atoms with Crippen LogP contribution in [0.25, 0.3) is 0 Å². The van der Waals surface area contributed by atoms with Gasteiger partial charge in [0.15, 0.2) is 0 Å². The second-order valence-electron chi connectivity index (χ2n) is 6.28. The molecule has 1 aliphatic heterocycles. The second kappa shape index (κ2) is 8.58. The number of hydrogen-bond donors (Lipinski definition) is 1. The minimum Gasteiger partial charge on any atom is -0.497 e. The van der Waals surface area contributed by atoms with E-state index in [-0.39, 0.29) is 18.1 Å². The van der Waals surface area contributed by atoms with E-state index in [0.717, 1.165) is 28.5 Å². The van der Waals surface area contributed by atoms with Crippen LogP contribution in [0, 0.1) is 0 Å². The molecule has 0 amide bonds. The summed E-state index contributed by atoms with van der Waals surface area (Å²) in [6.07, 6.45) is 0.554. The molecule has 0 saturated heterocycles. The van der Waals surface area contributed by atoms with E-state index in [1.54, 1.807) is 14.2 Å². The zero-order valence-electron chi connectivity index (χ0n) is 15.8. The third-order valence-electron chi connectivity index (χ3n) is 4.51. The Bertz CT molecular complexity index is 800. The van der Waals surface area contributed by atoms with Crippen molar-refractivity contribution in [1.82, 2.24) is 5.32 Å². The van der Waals surface area contributed by atoms with Gasteiger partial charge in [-0.1, -0.05) is 24.3 Å². The van der Waals surface area contributed by atoms with Gasteiger partial charge in [0.25, 0.3) is 0 Å². The summed E-state index contributed by atoms with van der Waals surface area (Å²) >= 11 is 0. The highest BCUT2D eigenvalue weighted by Crippen LogP contribution is 2.37. The maximum atomic E-state index is 11.0. The van der Waals surface area contributed by atoms with Gasteiger partial charge in [0.1, 0.15) is 23.4 Å². The van der Waals surface area contributed by atoms with Gasteiger partial charge in [-0.05, 0) is 35.4 Å². The van der Waals surface area contributed by atoms with E-state index in [2.05, 4.69) is 5.32 Å². The molecule has 1 heterocycles. The molecule has 6 heteroatoms. The Morgan fingerprint density at radius 3 is 2.04 bits per heavy atom. The number of benzene rings is 2. The number of amidine groups is 1. The lowest BCUT2D eigenvalue weighted by atomic mass is 9.95. The lowest BCUT2D eigenvalue weighted by Gasteiger charge is -2.20. The normalized spacial score (nSPS) is 18.4. The number of carbonyl (C=O) groups is 1. The van der Waals surface area contributed by atoms with Crippen molar-refractivity contribution in [2.45, 2.75) is 25.4 Å². The van der Waals surface area contributed by atoms with Crippen LogP contribution in [-0.4, -0.2) is 32.6 Å². The molecule has 0 saturated carbocycles. The molecule has 2 aromatic rings. The standard InChI is InChI=1S/C21H24N2O4/c1-14(24)27-13-12-19-22-20(15-4-8-17(25-2)9-5-15)21(23-19)16-6-10-18(26-3)11-7-16/h4-11,20-21H,12-13H2,1-3H3,(H,22,23). The smallest absolute Gasteiger partial charge is 0.302 e. The summed E-state index contributed by atoms with van der Waals surface area (Å²) in [7, 11) is 3.30. The molecular formula is C21H24N2O4. The van der Waals surface area contributed by atoms with Crippen molar-refractivity contribution in [2.24, 2.45) is 4.99 Å². The second-order valence-corrected chi connectivity index (χ2v) is 6.28. The van der Waals surface area contributed by atoms with Crippen molar-refractivity contribution in [3.8, 4) is 11.5 Å². The number of methoxy groups -OCH3 is 2. The zero-order valence-corrected chi connectivity index (χ0v) is 15.8. The van der Waals surface area contributed by atoms with Crippen molar-refractivity contribution in [1.29, 1.82) is 0 Å². The lowest BCUT2D eigenvalue weighted by Crippen LogP contribution is -2.25. The van der Waals surface area contributed by atoms with Gasteiger partial charge < -0.3 is 19.5 Å². The number of nitrogens with zero attached hydrogens (tertiary/aromatic N) is 1. The Balaban J connectivity index is 1.83. The van der Waals surface area contributed by atoms with Crippen LogP contribution in [0.5, 0.6) is 11.5 Å². The first-order valence-electron chi connectivity index (χ1n) is 8.85. The summed E-state index contributed by atoms with van der Waals surface area (Å²) in [5, 5.41) is 3.48. The number of hydrogen-bond acceptors (Lipinski definition) is 6. The Morgan fingerprint density at radius 2 is 1.52 bits per heavy atom. The molecule has 0 bridgehead atoms. The predicted molar refractivity (Wildman–Crippen MR) is 103 cm³/mol. The van der Waals surface area contributed by atoms with Crippen LogP contribution < -0.4 is 14.8 Å². The lowest BCUT2D eigenvalue weighted by molar-refractivity contribution is -0.140. The van der Waals surface area contributed by atoms with Crippen molar-refractivity contribution < 1.29 is 19.0 Å². The topological polar surface area (TPSA) is 69.2 Å². The fourth-order valence-corrected chi connectivity index (χ4v) is 3.11. The van der Waals surface area contributed by atoms with E-state index in [9.17, 15) is 4.79 Å². The molecule has 142 valence electrons. The minimum absolute atomic E-state index is 0.00312. The van der Waals surface area contributed by atoms with Crippen molar-refractivity contribution >= 4 is 11.8 Å². The molecule has 3 rings (SSSR count). The first-order valence-corrected chi connectivity index (χ1v) is 8.85. The number of nitrogens with one attached hydrogen (secondary N) is 1. The van der Waals surface area contributed by atoms with Gasteiger partial charge >= 0.3 is 5.97 Å². The molecule has 2 aromatic carbocycles. The molecule has 0 fully saturated rings. The first-order chi connectivity index (χ1) is 13.1. The molecule has 0 radical (unpaired) electrons. The van der Waals surface area contributed by atoms with Crippen molar-refractivity contribution in [3.63, 3.8) is 0 Å². The van der Waals surface area contributed by atoms with Crippen molar-refractivity contribution in [2.75, 3.05) is 20.8 Å².